The molecular formula is C28H41N3O4. The van der Waals surface area contributed by atoms with E-state index in [4.69, 9.17) is 14.2 Å². The van der Waals surface area contributed by atoms with Crippen molar-refractivity contribution in [2.75, 3.05) is 73.6 Å². The van der Waals surface area contributed by atoms with Gasteiger partial charge in [-0.25, -0.2) is 0 Å². The number of hydrogen-bond donors (Lipinski definition) is 0. The number of nitrogens with zero attached hydrogens (tertiary/aromatic N) is 3. The zero-order valence-electron chi connectivity index (χ0n) is 22.2. The second-order valence-electron chi connectivity index (χ2n) is 9.44. The van der Waals surface area contributed by atoms with E-state index in [1.54, 1.807) is 21.3 Å². The van der Waals surface area contributed by atoms with Gasteiger partial charge in [0.15, 0.2) is 11.5 Å². The third-order valence-electron chi connectivity index (χ3n) is 6.75. The Morgan fingerprint density at radius 1 is 0.857 bits per heavy atom. The molecule has 1 amide bonds. The first-order chi connectivity index (χ1) is 16.9. The van der Waals surface area contributed by atoms with Gasteiger partial charge < -0.3 is 28.9 Å². The van der Waals surface area contributed by atoms with Crippen LogP contribution in [0.1, 0.15) is 29.5 Å². The van der Waals surface area contributed by atoms with Crippen LogP contribution in [0.25, 0.3) is 0 Å². The number of aryl methyl sites for hydroxylation is 1. The second kappa shape index (κ2) is 12.7. The Morgan fingerprint density at radius 3 is 2.26 bits per heavy atom. The van der Waals surface area contributed by atoms with Gasteiger partial charge in [0.05, 0.1) is 33.4 Å². The maximum Gasteiger partial charge on any atom is 0.227 e. The minimum absolute atomic E-state index is 0.208. The van der Waals surface area contributed by atoms with Gasteiger partial charge in [-0.15, -0.1) is 0 Å². The third-order valence-corrected chi connectivity index (χ3v) is 6.75. The van der Waals surface area contributed by atoms with Crippen LogP contribution >= 0.6 is 0 Å². The first kappa shape index (κ1) is 26.7. The van der Waals surface area contributed by atoms with Crippen LogP contribution in [-0.4, -0.2) is 84.4 Å². The van der Waals surface area contributed by atoms with Crippen LogP contribution < -0.4 is 19.1 Å². The number of carbonyl (C=O) groups is 1. The Hall–Kier alpha value is -2.93. The maximum atomic E-state index is 12.9. The zero-order valence-corrected chi connectivity index (χ0v) is 22.2. The van der Waals surface area contributed by atoms with E-state index < -0.39 is 0 Å². The van der Waals surface area contributed by atoms with Gasteiger partial charge in [0.2, 0.25) is 5.91 Å². The van der Waals surface area contributed by atoms with E-state index in [2.05, 4.69) is 35.0 Å². The number of hydrogen-bond acceptors (Lipinski definition) is 6. The van der Waals surface area contributed by atoms with Crippen LogP contribution in [0, 0.1) is 0 Å². The minimum atomic E-state index is 0.208. The fraction of sp³-hybridized carbons (Fsp3) is 0.536. The Balaban J connectivity index is 1.45. The Bertz CT molecular complexity index is 992. The normalized spacial score (nSPS) is 13.5. The molecule has 0 aliphatic carbocycles. The van der Waals surface area contributed by atoms with E-state index >= 15 is 0 Å². The van der Waals surface area contributed by atoms with Gasteiger partial charge in [-0.3, -0.25) is 4.79 Å². The Kier molecular flexibility index (Phi) is 9.66. The van der Waals surface area contributed by atoms with E-state index in [1.165, 1.54) is 11.1 Å². The monoisotopic (exact) mass is 483 g/mol. The second-order valence-corrected chi connectivity index (χ2v) is 9.44. The summed E-state index contributed by atoms with van der Waals surface area (Å²) in [4.78, 5) is 19.4. The van der Waals surface area contributed by atoms with Crippen molar-refractivity contribution in [2.24, 2.45) is 0 Å². The van der Waals surface area contributed by atoms with Gasteiger partial charge in [0.1, 0.15) is 5.75 Å². The molecule has 1 aliphatic heterocycles. The van der Waals surface area contributed by atoms with E-state index in [0.717, 1.165) is 80.4 Å². The summed E-state index contributed by atoms with van der Waals surface area (Å²) in [6.45, 7) is 3.56. The van der Waals surface area contributed by atoms with Crippen molar-refractivity contribution in [1.29, 1.82) is 0 Å². The number of methoxy groups -OCH3 is 3. The predicted octanol–water partition coefficient (Wildman–Crippen LogP) is 3.66. The highest BCUT2D eigenvalue weighted by molar-refractivity contribution is 5.80. The van der Waals surface area contributed by atoms with E-state index in [9.17, 15) is 4.79 Å². The lowest BCUT2D eigenvalue weighted by molar-refractivity contribution is -0.130. The average molecular weight is 484 g/mol. The molecule has 0 aromatic heterocycles. The van der Waals surface area contributed by atoms with E-state index in [0.29, 0.717) is 6.42 Å². The first-order valence-electron chi connectivity index (χ1n) is 12.4. The molecule has 0 fully saturated rings. The summed E-state index contributed by atoms with van der Waals surface area (Å²) in [5.41, 5.74) is 4.64. The van der Waals surface area contributed by atoms with Crippen LogP contribution in [0.4, 0.5) is 5.69 Å². The van der Waals surface area contributed by atoms with Gasteiger partial charge >= 0.3 is 0 Å². The number of amides is 1. The topological polar surface area (TPSA) is 54.5 Å². The molecule has 1 aliphatic rings. The Labute approximate surface area is 210 Å². The molecule has 192 valence electrons. The lowest BCUT2D eigenvalue weighted by Gasteiger charge is -2.23. The van der Waals surface area contributed by atoms with Crippen molar-refractivity contribution in [1.82, 2.24) is 9.80 Å². The summed E-state index contributed by atoms with van der Waals surface area (Å²) in [6.07, 6.45) is 4.36. The molecule has 7 heteroatoms. The van der Waals surface area contributed by atoms with E-state index in [-0.39, 0.29) is 5.91 Å². The molecule has 1 heterocycles. The molecule has 2 aromatic carbocycles. The van der Waals surface area contributed by atoms with Crippen LogP contribution in [0.2, 0.25) is 0 Å². The molecule has 0 atom stereocenters. The Morgan fingerprint density at radius 2 is 1.57 bits per heavy atom. The van der Waals surface area contributed by atoms with Crippen LogP contribution in [0.15, 0.2) is 30.3 Å². The average Bonchev–Trinajstić information content (AvgIpc) is 3.00. The zero-order chi connectivity index (χ0) is 25.4. The van der Waals surface area contributed by atoms with Gasteiger partial charge in [-0.1, -0.05) is 6.07 Å². The summed E-state index contributed by atoms with van der Waals surface area (Å²) in [6, 6.07) is 10.3. The molecular weight excluding hydrogens is 442 g/mol. The fourth-order valence-corrected chi connectivity index (χ4v) is 4.69. The lowest BCUT2D eigenvalue weighted by atomic mass is 10.0. The highest BCUT2D eigenvalue weighted by atomic mass is 16.5. The number of anilines is 1. The van der Waals surface area contributed by atoms with Gasteiger partial charge in [0.25, 0.3) is 0 Å². The van der Waals surface area contributed by atoms with Gasteiger partial charge in [-0.05, 0) is 86.8 Å². The molecule has 7 nitrogen and oxygen atoms in total. The SMILES string of the molecule is COc1ccc(CCCN(C)CCCN2CCc3cc(N(C)C)c(OC)cc3CC2=O)cc1OC. The lowest BCUT2D eigenvalue weighted by Crippen LogP contribution is -2.35. The van der Waals surface area contributed by atoms with E-state index in [1.807, 2.05) is 31.1 Å². The minimum Gasteiger partial charge on any atom is -0.495 e. The molecule has 0 spiro atoms. The highest BCUT2D eigenvalue weighted by Gasteiger charge is 2.22. The van der Waals surface area contributed by atoms with Crippen molar-refractivity contribution in [3.63, 3.8) is 0 Å². The fourth-order valence-electron chi connectivity index (χ4n) is 4.69. The van der Waals surface area contributed by atoms with Crippen molar-refractivity contribution in [2.45, 2.75) is 32.1 Å². The summed E-state index contributed by atoms with van der Waals surface area (Å²) >= 11 is 0. The van der Waals surface area contributed by atoms with Crippen molar-refractivity contribution in [3.05, 3.63) is 47.0 Å². The number of benzene rings is 2. The largest absolute Gasteiger partial charge is 0.495 e. The first-order valence-corrected chi connectivity index (χ1v) is 12.4. The summed E-state index contributed by atoms with van der Waals surface area (Å²) in [5.74, 6) is 2.57. The molecule has 0 unspecified atom stereocenters. The third kappa shape index (κ3) is 7.04. The number of carbonyl (C=O) groups excluding carboxylic acids is 1. The van der Waals surface area contributed by atoms with Crippen molar-refractivity contribution >= 4 is 11.6 Å². The highest BCUT2D eigenvalue weighted by Crippen LogP contribution is 2.32. The molecule has 0 bridgehead atoms. The van der Waals surface area contributed by atoms with Gasteiger partial charge in [-0.2, -0.15) is 0 Å². The molecule has 3 rings (SSSR count). The standard InChI is InChI=1S/C28H41N3O4/c1-29(2)24-18-22-12-16-31(28(32)20-23(22)19-26(24)34-5)15-8-14-30(3)13-7-9-21-10-11-25(33-4)27(17-21)35-6/h10-11,17-19H,7-9,12-16,20H2,1-6H3. The van der Waals surface area contributed by atoms with Gasteiger partial charge in [0, 0.05) is 27.2 Å². The number of rotatable bonds is 12. The van der Waals surface area contributed by atoms with Crippen LogP contribution in [0.5, 0.6) is 17.2 Å². The quantitative estimate of drug-likeness (QED) is 0.459. The molecule has 0 radical (unpaired) electrons. The summed E-state index contributed by atoms with van der Waals surface area (Å²) < 4.78 is 16.3. The van der Waals surface area contributed by atoms with Crippen molar-refractivity contribution in [3.8, 4) is 17.2 Å². The van der Waals surface area contributed by atoms with Crippen LogP contribution in [-0.2, 0) is 24.1 Å². The summed E-state index contributed by atoms with van der Waals surface area (Å²) in [5, 5.41) is 0. The molecule has 35 heavy (non-hydrogen) atoms. The maximum absolute atomic E-state index is 12.9. The molecule has 0 N–H and O–H groups in total. The molecule has 0 saturated heterocycles. The molecule has 2 aromatic rings. The van der Waals surface area contributed by atoms with Crippen LogP contribution in [0.3, 0.4) is 0 Å². The number of ether oxygens (including phenoxy) is 3. The summed E-state index contributed by atoms with van der Waals surface area (Å²) in [7, 11) is 11.2. The van der Waals surface area contributed by atoms with Crippen molar-refractivity contribution < 1.29 is 19.0 Å². The predicted molar refractivity (Wildman–Crippen MR) is 141 cm³/mol. The molecule has 0 saturated carbocycles. The number of fused-ring (bicyclic) bond motifs is 1. The smallest absolute Gasteiger partial charge is 0.227 e.